The molecule has 4 nitrogen and oxygen atoms in total. The van der Waals surface area contributed by atoms with Gasteiger partial charge in [-0.05, 0) is 30.2 Å². The molecule has 1 aliphatic heterocycles. The molecular weight excluding hydrogens is 411 g/mol. The summed E-state index contributed by atoms with van der Waals surface area (Å²) in [5, 5.41) is 7.51. The highest BCUT2D eigenvalue weighted by Gasteiger charge is 2.37. The number of para-hydroxylation sites is 1. The minimum Gasteiger partial charge on any atom is -0.461 e. The second kappa shape index (κ2) is 8.78. The van der Waals surface area contributed by atoms with Gasteiger partial charge in [0.15, 0.2) is 5.45 Å². The van der Waals surface area contributed by atoms with Gasteiger partial charge in [-0.25, -0.2) is 9.80 Å². The Morgan fingerprint density at radius 3 is 2.10 bits per heavy atom. The van der Waals surface area contributed by atoms with Crippen molar-refractivity contribution in [2.24, 2.45) is 5.10 Å². The SMILES string of the molecule is CCOC(=O)C1=NN(c2ccccc2)C(c2ccccc2)=CP1(=S)c1ccccc1. The van der Waals surface area contributed by atoms with E-state index in [2.05, 4.69) is 0 Å². The summed E-state index contributed by atoms with van der Waals surface area (Å²) in [5.41, 5.74) is 2.98. The molecule has 1 heterocycles. The van der Waals surface area contributed by atoms with Gasteiger partial charge in [0.2, 0.25) is 0 Å². The summed E-state index contributed by atoms with van der Waals surface area (Å²) < 4.78 is 5.36. The number of hydrogen-bond donors (Lipinski definition) is 0. The lowest BCUT2D eigenvalue weighted by Crippen LogP contribution is -2.30. The fourth-order valence-electron chi connectivity index (χ4n) is 3.29. The van der Waals surface area contributed by atoms with Gasteiger partial charge in [-0.1, -0.05) is 90.7 Å². The van der Waals surface area contributed by atoms with E-state index < -0.39 is 12.0 Å². The molecular formula is C24H21N2O2PS. The van der Waals surface area contributed by atoms with Gasteiger partial charge in [0.1, 0.15) is 0 Å². The van der Waals surface area contributed by atoms with Crippen LogP contribution in [0.5, 0.6) is 0 Å². The van der Waals surface area contributed by atoms with Crippen LogP contribution in [-0.4, -0.2) is 18.0 Å². The number of anilines is 1. The lowest BCUT2D eigenvalue weighted by Gasteiger charge is -2.32. The predicted molar refractivity (Wildman–Crippen MR) is 128 cm³/mol. The summed E-state index contributed by atoms with van der Waals surface area (Å²) in [7, 11) is 0. The topological polar surface area (TPSA) is 41.9 Å². The average molecular weight is 432 g/mol. The van der Waals surface area contributed by atoms with Crippen LogP contribution in [0.15, 0.2) is 102 Å². The Hall–Kier alpha value is -3.01. The Morgan fingerprint density at radius 1 is 0.933 bits per heavy atom. The summed E-state index contributed by atoms with van der Waals surface area (Å²) >= 11 is 6.19. The van der Waals surface area contributed by atoms with E-state index in [0.29, 0.717) is 0 Å². The van der Waals surface area contributed by atoms with Gasteiger partial charge in [0, 0.05) is 5.56 Å². The number of benzene rings is 3. The van der Waals surface area contributed by atoms with E-state index in [1.807, 2.05) is 96.8 Å². The van der Waals surface area contributed by atoms with Crippen LogP contribution in [0.2, 0.25) is 0 Å². The molecule has 3 aromatic rings. The van der Waals surface area contributed by atoms with Crippen molar-refractivity contribution in [2.75, 3.05) is 11.6 Å². The molecule has 150 valence electrons. The van der Waals surface area contributed by atoms with Crippen molar-refractivity contribution >= 4 is 46.0 Å². The summed E-state index contributed by atoms with van der Waals surface area (Å²) in [6, 6.07) is 26.8. The maximum atomic E-state index is 13.0. The molecule has 0 fully saturated rings. The van der Waals surface area contributed by atoms with Crippen LogP contribution in [0.25, 0.3) is 5.70 Å². The van der Waals surface area contributed by atoms with Crippen LogP contribution in [0, 0.1) is 0 Å². The molecule has 0 radical (unpaired) electrons. The molecule has 0 saturated carbocycles. The van der Waals surface area contributed by atoms with Crippen molar-refractivity contribution in [3.8, 4) is 0 Å². The highest BCUT2D eigenvalue weighted by Crippen LogP contribution is 2.54. The smallest absolute Gasteiger partial charge is 0.360 e. The van der Waals surface area contributed by atoms with Gasteiger partial charge in [-0.2, -0.15) is 5.10 Å². The Bertz CT molecular complexity index is 1150. The second-order valence-electron chi connectivity index (χ2n) is 6.67. The molecule has 4 rings (SSSR count). The van der Waals surface area contributed by atoms with E-state index in [9.17, 15) is 4.79 Å². The fourth-order valence-corrected chi connectivity index (χ4v) is 6.58. The predicted octanol–water partition coefficient (Wildman–Crippen LogP) is 5.19. The van der Waals surface area contributed by atoms with Crippen LogP contribution in [0.3, 0.4) is 0 Å². The second-order valence-corrected chi connectivity index (χ2v) is 10.9. The summed E-state index contributed by atoms with van der Waals surface area (Å²) in [6.45, 7) is 2.05. The van der Waals surface area contributed by atoms with Crippen LogP contribution in [-0.2, 0) is 21.3 Å². The number of hydrogen-bond acceptors (Lipinski definition) is 5. The van der Waals surface area contributed by atoms with Crippen molar-refractivity contribution in [1.82, 2.24) is 0 Å². The Kier molecular flexibility index (Phi) is 5.93. The Balaban J connectivity index is 1.96. The largest absolute Gasteiger partial charge is 0.461 e. The maximum Gasteiger partial charge on any atom is 0.360 e. The zero-order chi connectivity index (χ0) is 21.0. The average Bonchev–Trinajstić information content (AvgIpc) is 2.81. The third-order valence-corrected chi connectivity index (χ3v) is 8.75. The first kappa shape index (κ1) is 20.3. The van der Waals surface area contributed by atoms with E-state index >= 15 is 0 Å². The zero-order valence-electron chi connectivity index (χ0n) is 16.5. The molecule has 0 aliphatic carbocycles. The molecule has 6 heteroatoms. The quantitative estimate of drug-likeness (QED) is 0.411. The number of esters is 1. The van der Waals surface area contributed by atoms with Crippen LogP contribution in [0.1, 0.15) is 12.5 Å². The number of ether oxygens (including phenoxy) is 1. The van der Waals surface area contributed by atoms with Gasteiger partial charge in [-0.15, -0.1) is 0 Å². The molecule has 1 atom stereocenters. The highest BCUT2D eigenvalue weighted by molar-refractivity contribution is 8.29. The van der Waals surface area contributed by atoms with Gasteiger partial charge in [-0.3, -0.25) is 0 Å². The van der Waals surface area contributed by atoms with Crippen molar-refractivity contribution in [2.45, 2.75) is 6.92 Å². The molecule has 0 amide bonds. The van der Waals surface area contributed by atoms with E-state index in [0.717, 1.165) is 22.3 Å². The Labute approximate surface area is 181 Å². The summed E-state index contributed by atoms with van der Waals surface area (Å²) in [6.07, 6.45) is 0. The first-order valence-corrected chi connectivity index (χ1v) is 12.6. The molecule has 30 heavy (non-hydrogen) atoms. The van der Waals surface area contributed by atoms with Crippen molar-refractivity contribution in [1.29, 1.82) is 0 Å². The number of carbonyl (C=O) groups is 1. The number of hydrazone groups is 1. The van der Waals surface area contributed by atoms with Crippen molar-refractivity contribution in [3.05, 3.63) is 102 Å². The van der Waals surface area contributed by atoms with Gasteiger partial charge < -0.3 is 4.74 Å². The first-order chi connectivity index (χ1) is 14.6. The van der Waals surface area contributed by atoms with Crippen LogP contribution >= 0.6 is 6.04 Å². The molecule has 3 aromatic carbocycles. The van der Waals surface area contributed by atoms with E-state index in [-0.39, 0.29) is 12.1 Å². The number of rotatable bonds is 5. The molecule has 1 unspecified atom stereocenters. The summed E-state index contributed by atoms with van der Waals surface area (Å²) in [5.74, 6) is 1.58. The third-order valence-electron chi connectivity index (χ3n) is 4.71. The standard InChI is InChI=1S/C24H21N2O2PS/c1-2-28-24(27)23-25-26(20-14-8-4-9-15-20)22(19-12-6-3-7-13-19)18-29(23,30)21-16-10-5-11-17-21/h3-18H,2H2,1H3. The van der Waals surface area contributed by atoms with Gasteiger partial charge >= 0.3 is 5.97 Å². The molecule has 0 saturated heterocycles. The van der Waals surface area contributed by atoms with E-state index in [1.165, 1.54) is 0 Å². The normalized spacial score (nSPS) is 18.4. The van der Waals surface area contributed by atoms with Crippen molar-refractivity contribution < 1.29 is 9.53 Å². The minimum absolute atomic E-state index is 0.266. The molecule has 0 spiro atoms. The third kappa shape index (κ3) is 3.87. The maximum absolute atomic E-state index is 13.0. The summed E-state index contributed by atoms with van der Waals surface area (Å²) in [4.78, 5) is 13.0. The highest BCUT2D eigenvalue weighted by atomic mass is 32.4. The molecule has 0 N–H and O–H groups in total. The van der Waals surface area contributed by atoms with E-state index in [4.69, 9.17) is 21.6 Å². The molecule has 1 aliphatic rings. The number of nitrogens with zero attached hydrogens (tertiary/aromatic N) is 2. The van der Waals surface area contributed by atoms with Crippen LogP contribution < -0.4 is 10.3 Å². The molecule has 0 aromatic heterocycles. The Morgan fingerprint density at radius 2 is 1.50 bits per heavy atom. The molecule has 0 bridgehead atoms. The lowest BCUT2D eigenvalue weighted by molar-refractivity contribution is -0.134. The van der Waals surface area contributed by atoms with Gasteiger partial charge in [0.05, 0.1) is 24.0 Å². The lowest BCUT2D eigenvalue weighted by atomic mass is 10.1. The van der Waals surface area contributed by atoms with Crippen molar-refractivity contribution in [3.63, 3.8) is 0 Å². The fraction of sp³-hybridized carbons (Fsp3) is 0.0833. The number of carbonyl (C=O) groups excluding carboxylic acids is 1. The first-order valence-electron chi connectivity index (χ1n) is 9.68. The minimum atomic E-state index is -2.64. The monoisotopic (exact) mass is 432 g/mol. The van der Waals surface area contributed by atoms with E-state index in [1.54, 1.807) is 11.9 Å². The zero-order valence-corrected chi connectivity index (χ0v) is 18.2. The van der Waals surface area contributed by atoms with Crippen LogP contribution in [0.4, 0.5) is 5.69 Å². The van der Waals surface area contributed by atoms with Gasteiger partial charge in [0.25, 0.3) is 0 Å².